The van der Waals surface area contributed by atoms with Gasteiger partial charge in [-0.2, -0.15) is 0 Å². The number of rotatable bonds is 2. The SMILES string of the molecule is Cc1ccc(Cl)cc1NC(=O)c1cncnc1C. The lowest BCUT2D eigenvalue weighted by atomic mass is 10.2. The van der Waals surface area contributed by atoms with Crippen molar-refractivity contribution in [2.45, 2.75) is 13.8 Å². The number of carbonyl (C=O) groups is 1. The van der Waals surface area contributed by atoms with E-state index in [1.165, 1.54) is 12.5 Å². The molecule has 0 atom stereocenters. The zero-order valence-electron chi connectivity index (χ0n) is 10.1. The summed E-state index contributed by atoms with van der Waals surface area (Å²) < 4.78 is 0. The molecule has 0 unspecified atom stereocenters. The quantitative estimate of drug-likeness (QED) is 0.904. The normalized spacial score (nSPS) is 10.2. The van der Waals surface area contributed by atoms with Crippen molar-refractivity contribution in [2.24, 2.45) is 0 Å². The highest BCUT2D eigenvalue weighted by Crippen LogP contribution is 2.21. The zero-order valence-corrected chi connectivity index (χ0v) is 10.8. The molecule has 1 aromatic heterocycles. The summed E-state index contributed by atoms with van der Waals surface area (Å²) in [6.07, 6.45) is 2.91. The third-order valence-corrected chi connectivity index (χ3v) is 2.84. The van der Waals surface area contributed by atoms with Gasteiger partial charge in [-0.05, 0) is 31.5 Å². The number of nitrogens with one attached hydrogen (secondary N) is 1. The van der Waals surface area contributed by atoms with E-state index in [9.17, 15) is 4.79 Å². The molecule has 2 aromatic rings. The Labute approximate surface area is 110 Å². The van der Waals surface area contributed by atoms with Crippen molar-refractivity contribution in [3.8, 4) is 0 Å². The minimum absolute atomic E-state index is 0.238. The number of carbonyl (C=O) groups excluding carboxylic acids is 1. The van der Waals surface area contributed by atoms with E-state index >= 15 is 0 Å². The van der Waals surface area contributed by atoms with E-state index in [-0.39, 0.29) is 5.91 Å². The van der Waals surface area contributed by atoms with Crippen LogP contribution in [0.1, 0.15) is 21.6 Å². The summed E-state index contributed by atoms with van der Waals surface area (Å²) in [4.78, 5) is 19.9. The fourth-order valence-corrected chi connectivity index (χ4v) is 1.70. The van der Waals surface area contributed by atoms with Gasteiger partial charge in [-0.1, -0.05) is 17.7 Å². The van der Waals surface area contributed by atoms with Gasteiger partial charge in [0.1, 0.15) is 6.33 Å². The standard InChI is InChI=1S/C13H12ClN3O/c1-8-3-4-10(14)5-12(8)17-13(18)11-6-15-7-16-9(11)2/h3-7H,1-2H3,(H,17,18). The molecule has 0 aliphatic carbocycles. The first-order chi connectivity index (χ1) is 8.58. The van der Waals surface area contributed by atoms with Crippen molar-refractivity contribution < 1.29 is 4.79 Å². The van der Waals surface area contributed by atoms with Gasteiger partial charge < -0.3 is 5.32 Å². The fourth-order valence-electron chi connectivity index (χ4n) is 1.53. The number of halogens is 1. The summed E-state index contributed by atoms with van der Waals surface area (Å²) in [5, 5.41) is 3.39. The van der Waals surface area contributed by atoms with E-state index in [4.69, 9.17) is 11.6 Å². The fraction of sp³-hybridized carbons (Fsp3) is 0.154. The number of benzene rings is 1. The van der Waals surface area contributed by atoms with Crippen LogP contribution in [-0.4, -0.2) is 15.9 Å². The first-order valence-corrected chi connectivity index (χ1v) is 5.80. The van der Waals surface area contributed by atoms with Crippen LogP contribution in [0.5, 0.6) is 0 Å². The van der Waals surface area contributed by atoms with Crippen LogP contribution in [0, 0.1) is 13.8 Å². The molecule has 0 aliphatic rings. The number of hydrogen-bond acceptors (Lipinski definition) is 3. The molecule has 92 valence electrons. The second-order valence-electron chi connectivity index (χ2n) is 3.94. The Hall–Kier alpha value is -1.94. The van der Waals surface area contributed by atoms with Crippen molar-refractivity contribution in [3.63, 3.8) is 0 Å². The molecule has 1 amide bonds. The van der Waals surface area contributed by atoms with Crippen LogP contribution in [0.3, 0.4) is 0 Å². The molecule has 1 aromatic carbocycles. The minimum atomic E-state index is -0.238. The highest BCUT2D eigenvalue weighted by atomic mass is 35.5. The molecule has 1 N–H and O–H groups in total. The first kappa shape index (κ1) is 12.5. The molecule has 0 spiro atoms. The lowest BCUT2D eigenvalue weighted by molar-refractivity contribution is 0.102. The Morgan fingerprint density at radius 1 is 1.33 bits per heavy atom. The summed E-state index contributed by atoms with van der Waals surface area (Å²) in [5.41, 5.74) is 2.73. The van der Waals surface area contributed by atoms with Crippen LogP contribution in [-0.2, 0) is 0 Å². The highest BCUT2D eigenvalue weighted by molar-refractivity contribution is 6.31. The van der Waals surface area contributed by atoms with E-state index in [0.717, 1.165) is 5.56 Å². The van der Waals surface area contributed by atoms with E-state index in [1.807, 2.05) is 13.0 Å². The van der Waals surface area contributed by atoms with Gasteiger partial charge in [0.2, 0.25) is 0 Å². The molecule has 0 saturated heterocycles. The van der Waals surface area contributed by atoms with Gasteiger partial charge in [0.05, 0.1) is 11.3 Å². The molecule has 1 heterocycles. The molecule has 0 bridgehead atoms. The summed E-state index contributed by atoms with van der Waals surface area (Å²) in [5.74, 6) is -0.238. The average Bonchev–Trinajstić information content (AvgIpc) is 2.34. The van der Waals surface area contributed by atoms with Crippen LogP contribution in [0.2, 0.25) is 5.02 Å². The molecular formula is C13H12ClN3O. The smallest absolute Gasteiger partial charge is 0.259 e. The largest absolute Gasteiger partial charge is 0.322 e. The molecule has 2 rings (SSSR count). The van der Waals surface area contributed by atoms with E-state index in [0.29, 0.717) is 22.0 Å². The molecule has 0 radical (unpaired) electrons. The predicted octanol–water partition coefficient (Wildman–Crippen LogP) is 3.00. The number of aromatic nitrogens is 2. The van der Waals surface area contributed by atoms with Crippen molar-refractivity contribution in [1.29, 1.82) is 0 Å². The maximum atomic E-state index is 12.1. The molecule has 5 heteroatoms. The third-order valence-electron chi connectivity index (χ3n) is 2.60. The van der Waals surface area contributed by atoms with Crippen LogP contribution in [0.4, 0.5) is 5.69 Å². The lowest BCUT2D eigenvalue weighted by Gasteiger charge is -2.09. The molecule has 0 saturated carbocycles. The number of anilines is 1. The Kier molecular flexibility index (Phi) is 3.58. The second kappa shape index (κ2) is 5.14. The number of nitrogens with zero attached hydrogens (tertiary/aromatic N) is 2. The third kappa shape index (κ3) is 2.65. The van der Waals surface area contributed by atoms with Crippen molar-refractivity contribution in [1.82, 2.24) is 9.97 Å². The van der Waals surface area contributed by atoms with Crippen molar-refractivity contribution in [3.05, 3.63) is 52.6 Å². The monoisotopic (exact) mass is 261 g/mol. The maximum absolute atomic E-state index is 12.1. The van der Waals surface area contributed by atoms with E-state index < -0.39 is 0 Å². The van der Waals surface area contributed by atoms with Gasteiger partial charge in [0, 0.05) is 16.9 Å². The highest BCUT2D eigenvalue weighted by Gasteiger charge is 2.11. The molecular weight excluding hydrogens is 250 g/mol. The Morgan fingerprint density at radius 2 is 2.11 bits per heavy atom. The number of amides is 1. The average molecular weight is 262 g/mol. The maximum Gasteiger partial charge on any atom is 0.259 e. The predicted molar refractivity (Wildman–Crippen MR) is 70.9 cm³/mol. The Balaban J connectivity index is 2.27. The molecule has 18 heavy (non-hydrogen) atoms. The van der Waals surface area contributed by atoms with Gasteiger partial charge in [-0.15, -0.1) is 0 Å². The van der Waals surface area contributed by atoms with Gasteiger partial charge in [-0.25, -0.2) is 9.97 Å². The van der Waals surface area contributed by atoms with Gasteiger partial charge >= 0.3 is 0 Å². The van der Waals surface area contributed by atoms with Crippen LogP contribution in [0.25, 0.3) is 0 Å². The topological polar surface area (TPSA) is 54.9 Å². The number of hydrogen-bond donors (Lipinski definition) is 1. The minimum Gasteiger partial charge on any atom is -0.322 e. The second-order valence-corrected chi connectivity index (χ2v) is 4.37. The van der Waals surface area contributed by atoms with Crippen LogP contribution >= 0.6 is 11.6 Å². The van der Waals surface area contributed by atoms with Crippen LogP contribution in [0.15, 0.2) is 30.7 Å². The lowest BCUT2D eigenvalue weighted by Crippen LogP contribution is -2.15. The molecule has 4 nitrogen and oxygen atoms in total. The number of aryl methyl sites for hydroxylation is 2. The van der Waals surface area contributed by atoms with Gasteiger partial charge in [0.15, 0.2) is 0 Å². The first-order valence-electron chi connectivity index (χ1n) is 5.42. The molecule has 0 aliphatic heterocycles. The van der Waals surface area contributed by atoms with Crippen molar-refractivity contribution >= 4 is 23.2 Å². The summed E-state index contributed by atoms with van der Waals surface area (Å²) >= 11 is 5.90. The zero-order chi connectivity index (χ0) is 13.1. The summed E-state index contributed by atoms with van der Waals surface area (Å²) in [7, 11) is 0. The Bertz CT molecular complexity index is 599. The van der Waals surface area contributed by atoms with Gasteiger partial charge in [-0.3, -0.25) is 4.79 Å². The molecule has 0 fully saturated rings. The van der Waals surface area contributed by atoms with E-state index in [2.05, 4.69) is 15.3 Å². The van der Waals surface area contributed by atoms with E-state index in [1.54, 1.807) is 19.1 Å². The van der Waals surface area contributed by atoms with Crippen LogP contribution < -0.4 is 5.32 Å². The summed E-state index contributed by atoms with van der Waals surface area (Å²) in [6, 6.07) is 5.35. The van der Waals surface area contributed by atoms with Gasteiger partial charge in [0.25, 0.3) is 5.91 Å². The Morgan fingerprint density at radius 3 is 2.83 bits per heavy atom. The summed E-state index contributed by atoms with van der Waals surface area (Å²) in [6.45, 7) is 3.67. The van der Waals surface area contributed by atoms with Crippen molar-refractivity contribution in [2.75, 3.05) is 5.32 Å².